The maximum atomic E-state index is 12.4. The lowest BCUT2D eigenvalue weighted by Crippen LogP contribution is -2.56. The van der Waals surface area contributed by atoms with Gasteiger partial charge < -0.3 is 35.2 Å². The number of rotatable bonds is 8. The minimum atomic E-state index is -5.78. The van der Waals surface area contributed by atoms with Crippen molar-refractivity contribution in [2.45, 2.75) is 50.8 Å². The highest BCUT2D eigenvalue weighted by Crippen LogP contribution is 2.66. The lowest BCUT2D eigenvalue weighted by Gasteiger charge is -2.29. The molecule has 0 amide bonds. The number of aromatic nitrogens is 2. The average Bonchev–Trinajstić information content (AvgIpc) is 2.83. The molecule has 7 atom stereocenters. The zero-order valence-corrected chi connectivity index (χ0v) is 20.3. The number of nitrogens with one attached hydrogen (secondary N) is 1. The fourth-order valence-electron chi connectivity index (χ4n) is 3.23. The number of phosphoric ester groups is 1. The summed E-state index contributed by atoms with van der Waals surface area (Å²) in [5.74, 6) is 4.95. The molecule has 17 nitrogen and oxygen atoms in total. The van der Waals surface area contributed by atoms with Crippen LogP contribution in [0.25, 0.3) is 0 Å². The van der Waals surface area contributed by atoms with Crippen LogP contribution in [0.15, 0.2) is 15.7 Å². The van der Waals surface area contributed by atoms with Gasteiger partial charge in [-0.05, 0) is 20.8 Å². The van der Waals surface area contributed by atoms with Crippen LogP contribution in [0.5, 0.6) is 0 Å². The van der Waals surface area contributed by atoms with Gasteiger partial charge in [0.15, 0.2) is 11.8 Å². The molecule has 34 heavy (non-hydrogen) atoms. The number of nitrogens with two attached hydrogens (primary N) is 1. The van der Waals surface area contributed by atoms with Gasteiger partial charge in [0, 0.05) is 11.8 Å². The number of phosphoric acid groups is 3. The van der Waals surface area contributed by atoms with Crippen molar-refractivity contribution in [1.82, 2.24) is 9.55 Å². The zero-order valence-electron chi connectivity index (χ0n) is 17.7. The topological polar surface area (TPSA) is 270 Å². The third-order valence-corrected chi connectivity index (χ3v) is 8.34. The number of aliphatic hydroxyl groups is 1. The number of aliphatic hydroxyl groups excluding tert-OH is 1. The molecule has 0 spiro atoms. The van der Waals surface area contributed by atoms with Gasteiger partial charge in [-0.15, -0.1) is 5.92 Å². The highest BCUT2D eigenvalue weighted by Gasteiger charge is 2.57. The molecule has 1 aromatic rings. The maximum absolute atomic E-state index is 12.4. The van der Waals surface area contributed by atoms with Crippen LogP contribution in [-0.4, -0.2) is 58.1 Å². The fourth-order valence-corrected chi connectivity index (χ4v) is 6.43. The maximum Gasteiger partial charge on any atom is 0.490 e. The molecule has 1 aliphatic rings. The van der Waals surface area contributed by atoms with E-state index in [1.807, 2.05) is 4.98 Å². The standard InChI is InChI=1S/C14H22N3O14P3/c1-4-5-14(15)11(19)10(28-12(14)17-7(2)6-9(18)16-13(17)20)8(3)29-33(24,25)31-34(26,27)30-32(21,22)23/h6,8,10-12,19H,15H2,1-3H3,(H,24,25)(H,26,27)(H,16,18,20)(H2,21,22,23)/t8-,10-,11+,12-,14?/m1/s1. The van der Waals surface area contributed by atoms with Crippen LogP contribution < -0.4 is 17.0 Å². The first-order valence-corrected chi connectivity index (χ1v) is 13.5. The van der Waals surface area contributed by atoms with Gasteiger partial charge in [-0.1, -0.05) is 5.92 Å². The van der Waals surface area contributed by atoms with Gasteiger partial charge in [0.2, 0.25) is 0 Å². The number of aromatic amines is 1. The Hall–Kier alpha value is -1.47. The number of H-pyrrole nitrogens is 1. The third kappa shape index (κ3) is 6.60. The Kier molecular flexibility index (Phi) is 8.36. The van der Waals surface area contributed by atoms with Gasteiger partial charge in [0.1, 0.15) is 12.2 Å². The molecule has 0 bridgehead atoms. The Labute approximate surface area is 190 Å². The van der Waals surface area contributed by atoms with E-state index in [2.05, 4.69) is 25.0 Å². The molecule has 0 aromatic carbocycles. The van der Waals surface area contributed by atoms with Crippen molar-refractivity contribution in [1.29, 1.82) is 0 Å². The predicted molar refractivity (Wildman–Crippen MR) is 111 cm³/mol. The molecule has 0 radical (unpaired) electrons. The average molecular weight is 549 g/mol. The van der Waals surface area contributed by atoms with Crippen molar-refractivity contribution in [3.05, 3.63) is 32.6 Å². The van der Waals surface area contributed by atoms with E-state index in [1.165, 1.54) is 13.8 Å². The van der Waals surface area contributed by atoms with Gasteiger partial charge in [-0.2, -0.15) is 8.62 Å². The lowest BCUT2D eigenvalue weighted by molar-refractivity contribution is -0.0760. The molecule has 20 heteroatoms. The van der Waals surface area contributed by atoms with Crippen LogP contribution in [0.2, 0.25) is 0 Å². The Morgan fingerprint density at radius 2 is 1.79 bits per heavy atom. The molecule has 8 N–H and O–H groups in total. The largest absolute Gasteiger partial charge is 0.490 e. The van der Waals surface area contributed by atoms with E-state index in [-0.39, 0.29) is 5.69 Å². The quantitative estimate of drug-likeness (QED) is 0.144. The van der Waals surface area contributed by atoms with E-state index in [0.717, 1.165) is 17.6 Å². The highest BCUT2D eigenvalue weighted by molar-refractivity contribution is 7.66. The molecular weight excluding hydrogens is 527 g/mol. The molecule has 0 aliphatic carbocycles. The SMILES string of the molecule is CC#CC1(N)[C@@H](O)[C@@H]([C@@H](C)OP(=O)(O)OP(=O)(O)OP(=O)(O)O)O[C@H]1n1c(C)cc(=O)[nH]c1=O. The fraction of sp³-hybridized carbons (Fsp3) is 0.571. The summed E-state index contributed by atoms with van der Waals surface area (Å²) in [6, 6.07) is 1.04. The third-order valence-electron chi connectivity index (χ3n) is 4.42. The summed E-state index contributed by atoms with van der Waals surface area (Å²) in [5, 5.41) is 10.8. The Bertz CT molecular complexity index is 1260. The second kappa shape index (κ2) is 9.88. The highest BCUT2D eigenvalue weighted by atomic mass is 31.3. The van der Waals surface area contributed by atoms with Crippen LogP contribution in [0, 0.1) is 18.8 Å². The molecule has 1 saturated heterocycles. The summed E-state index contributed by atoms with van der Waals surface area (Å²) in [5.41, 5.74) is 2.59. The van der Waals surface area contributed by atoms with Crippen LogP contribution in [-0.2, 0) is 31.6 Å². The van der Waals surface area contributed by atoms with Crippen molar-refractivity contribution in [2.24, 2.45) is 5.73 Å². The van der Waals surface area contributed by atoms with Crippen molar-refractivity contribution in [2.75, 3.05) is 0 Å². The predicted octanol–water partition coefficient (Wildman–Crippen LogP) is -1.44. The van der Waals surface area contributed by atoms with Crippen molar-refractivity contribution < 1.29 is 56.3 Å². The molecule has 192 valence electrons. The van der Waals surface area contributed by atoms with E-state index in [9.17, 15) is 38.2 Å². The number of hydrogen-bond donors (Lipinski definition) is 7. The van der Waals surface area contributed by atoms with E-state index in [0.29, 0.717) is 0 Å². The van der Waals surface area contributed by atoms with Crippen molar-refractivity contribution in [3.8, 4) is 11.8 Å². The summed E-state index contributed by atoms with van der Waals surface area (Å²) < 4.78 is 52.8. The minimum absolute atomic E-state index is 0.0693. The van der Waals surface area contributed by atoms with Crippen molar-refractivity contribution >= 4 is 23.5 Å². The number of ether oxygens (including phenoxy) is 1. The van der Waals surface area contributed by atoms with Gasteiger partial charge >= 0.3 is 29.2 Å². The number of nitrogens with zero attached hydrogens (tertiary/aromatic N) is 1. The van der Waals surface area contributed by atoms with Gasteiger partial charge in [0.05, 0.1) is 6.10 Å². The summed E-state index contributed by atoms with van der Waals surface area (Å²) >= 11 is 0. The summed E-state index contributed by atoms with van der Waals surface area (Å²) in [7, 11) is -17.0. The smallest absolute Gasteiger partial charge is 0.387 e. The molecule has 0 saturated carbocycles. The van der Waals surface area contributed by atoms with Crippen molar-refractivity contribution in [3.63, 3.8) is 0 Å². The summed E-state index contributed by atoms with van der Waals surface area (Å²) in [6.45, 7) is 3.79. The second-order valence-corrected chi connectivity index (χ2v) is 11.4. The number of aryl methyl sites for hydroxylation is 1. The van der Waals surface area contributed by atoms with E-state index >= 15 is 0 Å². The van der Waals surface area contributed by atoms with E-state index < -0.39 is 64.8 Å². The first-order chi connectivity index (χ1) is 15.3. The van der Waals surface area contributed by atoms with E-state index in [1.54, 1.807) is 0 Å². The van der Waals surface area contributed by atoms with Crippen LogP contribution in [0.4, 0.5) is 0 Å². The lowest BCUT2D eigenvalue weighted by atomic mass is 9.90. The van der Waals surface area contributed by atoms with Crippen LogP contribution in [0.3, 0.4) is 0 Å². The Morgan fingerprint density at radius 1 is 1.21 bits per heavy atom. The molecule has 1 aromatic heterocycles. The molecule has 2 rings (SSSR count). The number of hydrogen-bond acceptors (Lipinski definition) is 11. The van der Waals surface area contributed by atoms with Gasteiger partial charge in [-0.25, -0.2) is 18.5 Å². The van der Waals surface area contributed by atoms with Gasteiger partial charge in [0.25, 0.3) is 5.56 Å². The second-order valence-electron chi connectivity index (χ2n) is 7.06. The van der Waals surface area contributed by atoms with Gasteiger partial charge in [-0.3, -0.25) is 18.9 Å². The monoisotopic (exact) mass is 549 g/mol. The molecule has 2 heterocycles. The van der Waals surface area contributed by atoms with E-state index in [4.69, 9.17) is 20.3 Å². The minimum Gasteiger partial charge on any atom is -0.387 e. The molecule has 3 unspecified atom stereocenters. The normalized spacial score (nSPS) is 29.5. The Morgan fingerprint density at radius 3 is 2.29 bits per heavy atom. The molecule has 1 aliphatic heterocycles. The molecular formula is C14H22N3O14P3. The summed E-state index contributed by atoms with van der Waals surface area (Å²) in [6.07, 6.45) is -6.62. The van der Waals surface area contributed by atoms with Crippen LogP contribution in [0.1, 0.15) is 25.8 Å². The first-order valence-electron chi connectivity index (χ1n) is 9.03. The first kappa shape index (κ1) is 28.8. The Balaban J connectivity index is 2.37. The summed E-state index contributed by atoms with van der Waals surface area (Å²) in [4.78, 5) is 62.1. The molecule has 1 fully saturated rings. The zero-order chi connectivity index (χ0) is 26.3. The van der Waals surface area contributed by atoms with Crippen LogP contribution >= 0.6 is 23.5 Å².